The zero-order valence-electron chi connectivity index (χ0n) is 9.54. The van der Waals surface area contributed by atoms with Crippen molar-refractivity contribution in [3.05, 3.63) is 35.9 Å². The molecule has 1 heterocycles. The van der Waals surface area contributed by atoms with Crippen molar-refractivity contribution < 1.29 is 12.8 Å². The van der Waals surface area contributed by atoms with Gasteiger partial charge in [0.25, 0.3) is 0 Å². The second-order valence-electron chi connectivity index (χ2n) is 3.83. The molecule has 0 saturated heterocycles. The molecular weight excluding hydrogens is 259 g/mol. The first-order valence-corrected chi connectivity index (χ1v) is 6.67. The molecule has 96 valence electrons. The molecule has 0 unspecified atom stereocenters. The van der Waals surface area contributed by atoms with Crippen LogP contribution in [0.25, 0.3) is 0 Å². The number of halogens is 1. The Balaban J connectivity index is 2.33. The van der Waals surface area contributed by atoms with E-state index in [1.807, 2.05) is 0 Å². The van der Waals surface area contributed by atoms with Gasteiger partial charge in [-0.25, -0.2) is 12.8 Å². The lowest BCUT2D eigenvalue weighted by atomic mass is 10.3. The van der Waals surface area contributed by atoms with Crippen molar-refractivity contribution >= 4 is 15.5 Å². The molecule has 1 aromatic heterocycles. The van der Waals surface area contributed by atoms with Crippen molar-refractivity contribution in [2.24, 2.45) is 7.05 Å². The third-order valence-electron chi connectivity index (χ3n) is 2.32. The second-order valence-corrected chi connectivity index (χ2v) is 5.82. The second kappa shape index (κ2) is 4.37. The number of sulfone groups is 1. The Hall–Kier alpha value is -1.96. The molecule has 0 bridgehead atoms. The van der Waals surface area contributed by atoms with Gasteiger partial charge in [-0.2, -0.15) is 0 Å². The van der Waals surface area contributed by atoms with Crippen molar-refractivity contribution in [1.29, 1.82) is 0 Å². The molecule has 8 heteroatoms. The molecule has 2 aromatic rings. The number of benzene rings is 1. The van der Waals surface area contributed by atoms with Crippen LogP contribution in [0.2, 0.25) is 0 Å². The van der Waals surface area contributed by atoms with Gasteiger partial charge in [0.15, 0.2) is 9.84 Å². The van der Waals surface area contributed by atoms with Crippen LogP contribution in [0.1, 0.15) is 5.69 Å². The summed E-state index contributed by atoms with van der Waals surface area (Å²) in [6.45, 7) is 0. The highest BCUT2D eigenvalue weighted by Gasteiger charge is 2.18. The van der Waals surface area contributed by atoms with E-state index in [-0.39, 0.29) is 16.3 Å². The van der Waals surface area contributed by atoms with Crippen molar-refractivity contribution in [2.75, 3.05) is 5.73 Å². The summed E-state index contributed by atoms with van der Waals surface area (Å²) in [7, 11) is -2.02. The van der Waals surface area contributed by atoms with E-state index >= 15 is 0 Å². The van der Waals surface area contributed by atoms with Crippen LogP contribution in [-0.4, -0.2) is 23.4 Å². The smallest absolute Gasteiger partial charge is 0.184 e. The number of hydrogen-bond donors (Lipinski definition) is 1. The van der Waals surface area contributed by atoms with E-state index in [4.69, 9.17) is 5.73 Å². The third-order valence-corrected chi connectivity index (χ3v) is 3.97. The van der Waals surface area contributed by atoms with Gasteiger partial charge in [-0.1, -0.05) is 5.21 Å². The van der Waals surface area contributed by atoms with Crippen LogP contribution in [0.15, 0.2) is 29.3 Å². The number of aromatic nitrogens is 3. The fourth-order valence-corrected chi connectivity index (χ4v) is 2.69. The van der Waals surface area contributed by atoms with Gasteiger partial charge in [0.2, 0.25) is 0 Å². The van der Waals surface area contributed by atoms with Crippen molar-refractivity contribution in [3.63, 3.8) is 0 Å². The summed E-state index contributed by atoms with van der Waals surface area (Å²) in [5, 5.41) is 7.32. The van der Waals surface area contributed by atoms with Gasteiger partial charge in [-0.3, -0.25) is 4.68 Å². The Kier molecular flexibility index (Phi) is 3.04. The first-order chi connectivity index (χ1) is 8.38. The molecule has 0 fully saturated rings. The predicted octanol–water partition coefficient (Wildman–Crippen LogP) is 0.510. The maximum atomic E-state index is 13.2. The van der Waals surface area contributed by atoms with Crippen molar-refractivity contribution in [1.82, 2.24) is 15.0 Å². The largest absolute Gasteiger partial charge is 0.396 e. The zero-order valence-corrected chi connectivity index (χ0v) is 10.4. The summed E-state index contributed by atoms with van der Waals surface area (Å²) in [5.74, 6) is -1.08. The highest BCUT2D eigenvalue weighted by Crippen LogP contribution is 2.19. The molecule has 0 radical (unpaired) electrons. The molecule has 2 rings (SSSR count). The quantitative estimate of drug-likeness (QED) is 0.821. The number of anilines is 1. The average molecular weight is 270 g/mol. The number of nitrogens with two attached hydrogens (primary N) is 1. The van der Waals surface area contributed by atoms with Crippen molar-refractivity contribution in [2.45, 2.75) is 10.6 Å². The van der Waals surface area contributed by atoms with Crippen LogP contribution in [0, 0.1) is 5.82 Å². The molecule has 0 atom stereocenters. The van der Waals surface area contributed by atoms with E-state index in [1.54, 1.807) is 7.05 Å². The summed E-state index contributed by atoms with van der Waals surface area (Å²) >= 11 is 0. The molecule has 0 aliphatic carbocycles. The van der Waals surface area contributed by atoms with Gasteiger partial charge < -0.3 is 5.73 Å². The summed E-state index contributed by atoms with van der Waals surface area (Å²) in [5.41, 5.74) is 5.50. The summed E-state index contributed by atoms with van der Waals surface area (Å²) < 4.78 is 38.6. The standard InChI is InChI=1S/C10H11FN4O2S/c1-15-5-7(13-14-15)6-18(16,17)8-2-3-10(12)9(11)4-8/h2-5H,6,12H2,1H3. The summed E-state index contributed by atoms with van der Waals surface area (Å²) in [6.07, 6.45) is 1.49. The zero-order chi connectivity index (χ0) is 13.3. The third kappa shape index (κ3) is 2.48. The topological polar surface area (TPSA) is 90.9 Å². The average Bonchev–Trinajstić information content (AvgIpc) is 2.67. The predicted molar refractivity (Wildman–Crippen MR) is 62.7 cm³/mol. The molecule has 18 heavy (non-hydrogen) atoms. The molecule has 0 aliphatic rings. The molecule has 0 saturated carbocycles. The van der Waals surface area contributed by atoms with E-state index < -0.39 is 15.7 Å². The van der Waals surface area contributed by atoms with Gasteiger partial charge in [0, 0.05) is 13.2 Å². The molecule has 6 nitrogen and oxygen atoms in total. The van der Waals surface area contributed by atoms with E-state index in [0.29, 0.717) is 5.69 Å². The molecule has 2 N–H and O–H groups in total. The Morgan fingerprint density at radius 2 is 2.17 bits per heavy atom. The highest BCUT2D eigenvalue weighted by molar-refractivity contribution is 7.90. The SMILES string of the molecule is Cn1cc(CS(=O)(=O)c2ccc(N)c(F)c2)nn1. The first kappa shape index (κ1) is 12.5. The van der Waals surface area contributed by atoms with Crippen LogP contribution in [0.3, 0.4) is 0 Å². The van der Waals surface area contributed by atoms with Gasteiger partial charge in [0.1, 0.15) is 11.6 Å². The summed E-state index contributed by atoms with van der Waals surface area (Å²) in [4.78, 5) is -0.125. The number of hydrogen-bond acceptors (Lipinski definition) is 5. The number of rotatable bonds is 3. The van der Waals surface area contributed by atoms with Crippen LogP contribution in [0.5, 0.6) is 0 Å². The van der Waals surface area contributed by atoms with E-state index in [0.717, 1.165) is 6.07 Å². The monoisotopic (exact) mass is 270 g/mol. The molecule has 0 spiro atoms. The molecular formula is C10H11FN4O2S. The van der Waals surface area contributed by atoms with E-state index in [1.165, 1.54) is 23.0 Å². The fourth-order valence-electron chi connectivity index (χ4n) is 1.44. The summed E-state index contributed by atoms with van der Waals surface area (Å²) in [6, 6.07) is 3.39. The lowest BCUT2D eigenvalue weighted by molar-refractivity contribution is 0.590. The van der Waals surface area contributed by atoms with Crippen LogP contribution in [0.4, 0.5) is 10.1 Å². The lowest BCUT2D eigenvalue weighted by Crippen LogP contribution is -2.06. The molecule has 0 aliphatic heterocycles. The molecule has 1 aromatic carbocycles. The normalized spacial score (nSPS) is 11.7. The van der Waals surface area contributed by atoms with E-state index in [2.05, 4.69) is 10.3 Å². The Labute approximate surface area is 103 Å². The minimum absolute atomic E-state index is 0.0894. The van der Waals surface area contributed by atoms with Crippen LogP contribution in [-0.2, 0) is 22.6 Å². The lowest BCUT2D eigenvalue weighted by Gasteiger charge is -2.03. The van der Waals surface area contributed by atoms with Gasteiger partial charge >= 0.3 is 0 Å². The number of aryl methyl sites for hydroxylation is 1. The van der Waals surface area contributed by atoms with Gasteiger partial charge in [-0.15, -0.1) is 5.10 Å². The number of nitrogen functional groups attached to an aromatic ring is 1. The highest BCUT2D eigenvalue weighted by atomic mass is 32.2. The Morgan fingerprint density at radius 3 is 2.72 bits per heavy atom. The Morgan fingerprint density at radius 1 is 1.44 bits per heavy atom. The minimum Gasteiger partial charge on any atom is -0.396 e. The van der Waals surface area contributed by atoms with Gasteiger partial charge in [0.05, 0.1) is 16.3 Å². The maximum absolute atomic E-state index is 13.2. The van der Waals surface area contributed by atoms with Crippen LogP contribution < -0.4 is 5.73 Å². The Bertz CT molecular complexity index is 681. The molecule has 0 amide bonds. The minimum atomic E-state index is -3.65. The fraction of sp³-hybridized carbons (Fsp3) is 0.200. The van der Waals surface area contributed by atoms with Crippen molar-refractivity contribution in [3.8, 4) is 0 Å². The maximum Gasteiger partial charge on any atom is 0.184 e. The first-order valence-electron chi connectivity index (χ1n) is 5.01. The number of nitrogens with zero attached hydrogens (tertiary/aromatic N) is 3. The van der Waals surface area contributed by atoms with Gasteiger partial charge in [-0.05, 0) is 18.2 Å². The van der Waals surface area contributed by atoms with Crippen LogP contribution >= 0.6 is 0 Å². The van der Waals surface area contributed by atoms with E-state index in [9.17, 15) is 12.8 Å².